The Morgan fingerprint density at radius 1 is 1.39 bits per heavy atom. The summed E-state index contributed by atoms with van der Waals surface area (Å²) in [7, 11) is 0. The van der Waals surface area contributed by atoms with Crippen molar-refractivity contribution in [3.05, 3.63) is 27.7 Å². The highest BCUT2D eigenvalue weighted by Gasteiger charge is 2.09. The highest BCUT2D eigenvalue weighted by molar-refractivity contribution is 7.13. The Morgan fingerprint density at radius 2 is 2.22 bits per heavy atom. The van der Waals surface area contributed by atoms with Gasteiger partial charge in [0.25, 0.3) is 0 Å². The lowest BCUT2D eigenvalue weighted by atomic mass is 10.5. The Bertz CT molecular complexity index is 552. The lowest BCUT2D eigenvalue weighted by Gasteiger charge is -2.02. The number of hydrogen-bond acceptors (Lipinski definition) is 6. The Labute approximate surface area is 110 Å². The molecule has 0 bridgehead atoms. The minimum atomic E-state index is -1.08. The van der Waals surface area contributed by atoms with Crippen molar-refractivity contribution in [2.45, 2.75) is 6.54 Å². The molecule has 7 nitrogen and oxygen atoms in total. The number of aromatic carboxylic acids is 1. The molecule has 0 aliphatic carbocycles. The number of urea groups is 1. The molecule has 0 aliphatic rings. The summed E-state index contributed by atoms with van der Waals surface area (Å²) >= 11 is 2.49. The number of carboxylic acid groups (broad SMARTS) is 1. The highest BCUT2D eigenvalue weighted by Crippen LogP contribution is 2.11. The van der Waals surface area contributed by atoms with Crippen LogP contribution in [0.5, 0.6) is 0 Å². The fourth-order valence-electron chi connectivity index (χ4n) is 1.07. The number of carbonyl (C=O) groups excluding carboxylic acids is 1. The Balaban J connectivity index is 1.83. The van der Waals surface area contributed by atoms with Crippen molar-refractivity contribution in [3.8, 4) is 0 Å². The molecule has 0 aromatic carbocycles. The number of nitrogens with zero attached hydrogens (tertiary/aromatic N) is 2. The average Bonchev–Trinajstić information content (AvgIpc) is 2.96. The Morgan fingerprint density at radius 3 is 2.83 bits per heavy atom. The van der Waals surface area contributed by atoms with Gasteiger partial charge in [0.1, 0.15) is 5.01 Å². The number of carbonyl (C=O) groups is 2. The first-order chi connectivity index (χ1) is 8.65. The maximum absolute atomic E-state index is 11.4. The molecule has 3 N–H and O–H groups in total. The van der Waals surface area contributed by atoms with Crippen LogP contribution in [-0.4, -0.2) is 27.1 Å². The van der Waals surface area contributed by atoms with Crippen molar-refractivity contribution < 1.29 is 14.7 Å². The highest BCUT2D eigenvalue weighted by atomic mass is 32.1. The predicted molar refractivity (Wildman–Crippen MR) is 67.0 cm³/mol. The average molecular weight is 284 g/mol. The second kappa shape index (κ2) is 5.56. The molecular formula is C9H8N4O3S2. The lowest BCUT2D eigenvalue weighted by Crippen LogP contribution is -2.28. The maximum Gasteiger partial charge on any atom is 0.355 e. The van der Waals surface area contributed by atoms with Crippen molar-refractivity contribution in [1.29, 1.82) is 0 Å². The molecule has 2 amide bonds. The summed E-state index contributed by atoms with van der Waals surface area (Å²) in [4.78, 5) is 29.8. The van der Waals surface area contributed by atoms with Gasteiger partial charge in [-0.25, -0.2) is 19.6 Å². The van der Waals surface area contributed by atoms with E-state index in [4.69, 9.17) is 5.11 Å². The summed E-state index contributed by atoms with van der Waals surface area (Å²) in [5.41, 5.74) is -0.0165. The minimum Gasteiger partial charge on any atom is -0.476 e. The van der Waals surface area contributed by atoms with Crippen LogP contribution in [0.1, 0.15) is 15.5 Å². The van der Waals surface area contributed by atoms with Gasteiger partial charge in [-0.1, -0.05) is 0 Å². The fourth-order valence-corrected chi connectivity index (χ4v) is 2.30. The number of hydrogen-bond donors (Lipinski definition) is 3. The SMILES string of the molecule is O=C(NCc1nc(C(=O)O)cs1)Nc1nccs1. The van der Waals surface area contributed by atoms with E-state index in [1.54, 1.807) is 11.6 Å². The summed E-state index contributed by atoms with van der Waals surface area (Å²) in [5, 5.41) is 18.0. The zero-order chi connectivity index (χ0) is 13.0. The molecule has 2 rings (SSSR count). The smallest absolute Gasteiger partial charge is 0.355 e. The van der Waals surface area contributed by atoms with E-state index in [1.807, 2.05) is 0 Å². The molecule has 18 heavy (non-hydrogen) atoms. The molecule has 0 saturated carbocycles. The molecule has 0 radical (unpaired) electrons. The molecule has 0 aliphatic heterocycles. The number of aromatic nitrogens is 2. The molecule has 0 fully saturated rings. The lowest BCUT2D eigenvalue weighted by molar-refractivity contribution is 0.0691. The summed E-state index contributed by atoms with van der Waals surface area (Å²) in [5.74, 6) is -1.08. The molecule has 2 aromatic heterocycles. The van der Waals surface area contributed by atoms with Crippen molar-refractivity contribution in [1.82, 2.24) is 15.3 Å². The van der Waals surface area contributed by atoms with Crippen LogP contribution in [0.15, 0.2) is 17.0 Å². The third kappa shape index (κ3) is 3.25. The monoisotopic (exact) mass is 284 g/mol. The standard InChI is InChI=1S/C9H8N4O3S2/c14-7(15)5-4-18-6(12-5)3-11-8(16)13-9-10-1-2-17-9/h1-2,4H,3H2,(H,14,15)(H2,10,11,13,16). The van der Waals surface area contributed by atoms with E-state index in [0.717, 1.165) is 0 Å². The van der Waals surface area contributed by atoms with Crippen LogP contribution >= 0.6 is 22.7 Å². The summed E-state index contributed by atoms with van der Waals surface area (Å²) in [6.07, 6.45) is 1.58. The van der Waals surface area contributed by atoms with Gasteiger partial charge in [-0.05, 0) is 0 Å². The number of nitrogens with one attached hydrogen (secondary N) is 2. The molecule has 0 saturated heterocycles. The van der Waals surface area contributed by atoms with Gasteiger partial charge in [0.2, 0.25) is 0 Å². The number of carboxylic acids is 1. The quantitative estimate of drug-likeness (QED) is 0.791. The third-order valence-electron chi connectivity index (χ3n) is 1.82. The van der Waals surface area contributed by atoms with E-state index in [9.17, 15) is 9.59 Å². The van der Waals surface area contributed by atoms with E-state index >= 15 is 0 Å². The fraction of sp³-hybridized carbons (Fsp3) is 0.111. The first kappa shape index (κ1) is 12.5. The van der Waals surface area contributed by atoms with E-state index in [0.29, 0.717) is 10.1 Å². The molecule has 0 spiro atoms. The minimum absolute atomic E-state index is 0.0165. The zero-order valence-electron chi connectivity index (χ0n) is 8.91. The van der Waals surface area contributed by atoms with Crippen molar-refractivity contribution in [3.63, 3.8) is 0 Å². The summed E-state index contributed by atoms with van der Waals surface area (Å²) < 4.78 is 0. The molecule has 0 unspecified atom stereocenters. The van der Waals surface area contributed by atoms with Crippen molar-refractivity contribution >= 4 is 39.8 Å². The molecule has 2 heterocycles. The first-order valence-corrected chi connectivity index (χ1v) is 6.53. The number of amides is 2. The normalized spacial score (nSPS) is 10.0. The van der Waals surface area contributed by atoms with Crippen molar-refractivity contribution in [2.75, 3.05) is 5.32 Å². The predicted octanol–water partition coefficient (Wildman–Crippen LogP) is 1.62. The second-order valence-electron chi connectivity index (χ2n) is 3.08. The summed E-state index contributed by atoms with van der Waals surface area (Å²) in [6.45, 7) is 0.176. The third-order valence-corrected chi connectivity index (χ3v) is 3.36. The zero-order valence-corrected chi connectivity index (χ0v) is 10.5. The van der Waals surface area contributed by atoms with Gasteiger partial charge in [-0.15, -0.1) is 22.7 Å². The van der Waals surface area contributed by atoms with Gasteiger partial charge >= 0.3 is 12.0 Å². The second-order valence-corrected chi connectivity index (χ2v) is 4.91. The van der Waals surface area contributed by atoms with E-state index < -0.39 is 12.0 Å². The van der Waals surface area contributed by atoms with Crippen LogP contribution in [0, 0.1) is 0 Å². The first-order valence-electron chi connectivity index (χ1n) is 4.77. The van der Waals surface area contributed by atoms with E-state index in [2.05, 4.69) is 20.6 Å². The summed E-state index contributed by atoms with van der Waals surface area (Å²) in [6, 6.07) is -0.406. The molecule has 9 heteroatoms. The van der Waals surface area contributed by atoms with Crippen LogP contribution in [0.4, 0.5) is 9.93 Å². The largest absolute Gasteiger partial charge is 0.476 e. The topological polar surface area (TPSA) is 104 Å². The van der Waals surface area contributed by atoms with E-state index in [-0.39, 0.29) is 12.2 Å². The van der Waals surface area contributed by atoms with Crippen LogP contribution in [0.25, 0.3) is 0 Å². The van der Waals surface area contributed by atoms with Gasteiger partial charge in [0.15, 0.2) is 10.8 Å². The Hall–Kier alpha value is -2.00. The van der Waals surface area contributed by atoms with Crippen LogP contribution in [0.2, 0.25) is 0 Å². The molecule has 0 atom stereocenters. The van der Waals surface area contributed by atoms with Gasteiger partial charge in [0, 0.05) is 17.0 Å². The maximum atomic E-state index is 11.4. The van der Waals surface area contributed by atoms with Crippen LogP contribution < -0.4 is 10.6 Å². The molecular weight excluding hydrogens is 276 g/mol. The van der Waals surface area contributed by atoms with Crippen LogP contribution in [0.3, 0.4) is 0 Å². The van der Waals surface area contributed by atoms with Gasteiger partial charge in [-0.2, -0.15) is 0 Å². The van der Waals surface area contributed by atoms with Crippen molar-refractivity contribution in [2.24, 2.45) is 0 Å². The molecule has 94 valence electrons. The van der Waals surface area contributed by atoms with E-state index in [1.165, 1.54) is 28.1 Å². The number of anilines is 1. The van der Waals surface area contributed by atoms with Crippen LogP contribution in [-0.2, 0) is 6.54 Å². The Kier molecular flexibility index (Phi) is 3.85. The van der Waals surface area contributed by atoms with Gasteiger partial charge in [-0.3, -0.25) is 5.32 Å². The number of rotatable bonds is 4. The van der Waals surface area contributed by atoms with Gasteiger partial charge < -0.3 is 10.4 Å². The molecule has 2 aromatic rings. The number of thiazole rings is 2. The van der Waals surface area contributed by atoms with Gasteiger partial charge in [0.05, 0.1) is 6.54 Å².